The van der Waals surface area contributed by atoms with Gasteiger partial charge >= 0.3 is 5.97 Å². The molecular weight excluding hydrogens is 398 g/mol. The van der Waals surface area contributed by atoms with Crippen LogP contribution in [0.4, 0.5) is 5.69 Å². The lowest BCUT2D eigenvalue weighted by Crippen LogP contribution is -2.38. The molecule has 3 amide bonds. The molecule has 1 atom stereocenters. The SMILES string of the molecule is C[C@@H](OC(=O)CNC(=O)c1ccc(N2CCCC2=O)cc1)C(=O)NCc1ccccc1. The van der Waals surface area contributed by atoms with Crippen LogP contribution in [0.25, 0.3) is 0 Å². The molecule has 162 valence electrons. The van der Waals surface area contributed by atoms with Crippen molar-refractivity contribution in [2.75, 3.05) is 18.0 Å². The number of nitrogens with zero attached hydrogens (tertiary/aromatic N) is 1. The van der Waals surface area contributed by atoms with Gasteiger partial charge in [0.1, 0.15) is 6.54 Å². The van der Waals surface area contributed by atoms with Crippen molar-refractivity contribution in [1.82, 2.24) is 10.6 Å². The second kappa shape index (κ2) is 10.4. The monoisotopic (exact) mass is 423 g/mol. The number of amides is 3. The molecule has 0 unspecified atom stereocenters. The first-order chi connectivity index (χ1) is 14.9. The van der Waals surface area contributed by atoms with E-state index in [0.29, 0.717) is 25.1 Å². The highest BCUT2D eigenvalue weighted by Crippen LogP contribution is 2.21. The Kier molecular flexibility index (Phi) is 7.37. The van der Waals surface area contributed by atoms with E-state index < -0.39 is 23.9 Å². The largest absolute Gasteiger partial charge is 0.451 e. The zero-order valence-electron chi connectivity index (χ0n) is 17.3. The fourth-order valence-electron chi connectivity index (χ4n) is 3.19. The van der Waals surface area contributed by atoms with Gasteiger partial charge in [-0.25, -0.2) is 0 Å². The van der Waals surface area contributed by atoms with E-state index >= 15 is 0 Å². The minimum Gasteiger partial charge on any atom is -0.451 e. The van der Waals surface area contributed by atoms with Crippen LogP contribution in [0.15, 0.2) is 54.6 Å². The molecule has 2 N–H and O–H groups in total. The normalized spacial score (nSPS) is 14.1. The van der Waals surface area contributed by atoms with E-state index in [4.69, 9.17) is 4.74 Å². The number of hydrogen-bond acceptors (Lipinski definition) is 5. The van der Waals surface area contributed by atoms with Gasteiger partial charge in [0.15, 0.2) is 6.10 Å². The third-order valence-corrected chi connectivity index (χ3v) is 4.89. The fraction of sp³-hybridized carbons (Fsp3) is 0.304. The van der Waals surface area contributed by atoms with Crippen molar-refractivity contribution in [2.45, 2.75) is 32.4 Å². The molecule has 2 aromatic carbocycles. The summed E-state index contributed by atoms with van der Waals surface area (Å²) in [5.74, 6) is -1.51. The topological polar surface area (TPSA) is 105 Å². The van der Waals surface area contributed by atoms with Crippen molar-refractivity contribution in [2.24, 2.45) is 0 Å². The molecule has 0 spiro atoms. The number of ether oxygens (including phenoxy) is 1. The van der Waals surface area contributed by atoms with Crippen LogP contribution in [0.5, 0.6) is 0 Å². The van der Waals surface area contributed by atoms with Crippen LogP contribution in [0.3, 0.4) is 0 Å². The number of benzene rings is 2. The van der Waals surface area contributed by atoms with Crippen LogP contribution in [-0.2, 0) is 25.7 Å². The predicted molar refractivity (Wildman–Crippen MR) is 114 cm³/mol. The lowest BCUT2D eigenvalue weighted by atomic mass is 10.2. The molecule has 1 saturated heterocycles. The maximum absolute atomic E-state index is 12.2. The Morgan fingerprint density at radius 2 is 1.74 bits per heavy atom. The van der Waals surface area contributed by atoms with Crippen molar-refractivity contribution in [3.05, 3.63) is 65.7 Å². The van der Waals surface area contributed by atoms with E-state index in [2.05, 4.69) is 10.6 Å². The van der Waals surface area contributed by atoms with Crippen molar-refractivity contribution in [3.63, 3.8) is 0 Å². The number of esters is 1. The van der Waals surface area contributed by atoms with E-state index in [9.17, 15) is 19.2 Å². The van der Waals surface area contributed by atoms with E-state index in [0.717, 1.165) is 17.7 Å². The van der Waals surface area contributed by atoms with Crippen LogP contribution in [0.1, 0.15) is 35.7 Å². The lowest BCUT2D eigenvalue weighted by Gasteiger charge is -2.16. The average molecular weight is 423 g/mol. The molecule has 0 aliphatic carbocycles. The minimum absolute atomic E-state index is 0.0712. The Labute approximate surface area is 180 Å². The zero-order chi connectivity index (χ0) is 22.2. The highest BCUT2D eigenvalue weighted by atomic mass is 16.5. The number of rotatable bonds is 8. The lowest BCUT2D eigenvalue weighted by molar-refractivity contribution is -0.153. The van der Waals surface area contributed by atoms with Gasteiger partial charge in [0.05, 0.1) is 0 Å². The van der Waals surface area contributed by atoms with E-state index in [1.165, 1.54) is 6.92 Å². The first kappa shape index (κ1) is 22.0. The maximum Gasteiger partial charge on any atom is 0.326 e. The van der Waals surface area contributed by atoms with Gasteiger partial charge in [0.25, 0.3) is 11.8 Å². The van der Waals surface area contributed by atoms with Gasteiger partial charge in [-0.05, 0) is 43.2 Å². The quantitative estimate of drug-likeness (QED) is 0.630. The fourth-order valence-corrected chi connectivity index (χ4v) is 3.19. The summed E-state index contributed by atoms with van der Waals surface area (Å²) in [7, 11) is 0. The second-order valence-electron chi connectivity index (χ2n) is 7.21. The number of anilines is 1. The van der Waals surface area contributed by atoms with Crippen LogP contribution >= 0.6 is 0 Å². The van der Waals surface area contributed by atoms with E-state index in [1.54, 1.807) is 29.2 Å². The highest BCUT2D eigenvalue weighted by molar-refractivity contribution is 5.98. The summed E-state index contributed by atoms with van der Waals surface area (Å²) < 4.78 is 5.08. The highest BCUT2D eigenvalue weighted by Gasteiger charge is 2.22. The van der Waals surface area contributed by atoms with Gasteiger partial charge in [-0.2, -0.15) is 0 Å². The third kappa shape index (κ3) is 6.15. The molecule has 1 aliphatic heterocycles. The van der Waals surface area contributed by atoms with Crippen molar-refractivity contribution >= 4 is 29.4 Å². The third-order valence-electron chi connectivity index (χ3n) is 4.89. The smallest absolute Gasteiger partial charge is 0.326 e. The summed E-state index contributed by atoms with van der Waals surface area (Å²) in [6.45, 7) is 2.12. The molecule has 8 heteroatoms. The Morgan fingerprint density at radius 3 is 2.39 bits per heavy atom. The molecule has 1 fully saturated rings. The second-order valence-corrected chi connectivity index (χ2v) is 7.21. The summed E-state index contributed by atoms with van der Waals surface area (Å²) in [5.41, 5.74) is 2.03. The molecule has 8 nitrogen and oxygen atoms in total. The summed E-state index contributed by atoms with van der Waals surface area (Å²) in [4.78, 5) is 49.8. The van der Waals surface area contributed by atoms with Gasteiger partial charge < -0.3 is 20.3 Å². The minimum atomic E-state index is -0.981. The number of carbonyl (C=O) groups is 4. The molecule has 3 rings (SSSR count). The Bertz CT molecular complexity index is 943. The molecule has 31 heavy (non-hydrogen) atoms. The average Bonchev–Trinajstić information content (AvgIpc) is 3.22. The zero-order valence-corrected chi connectivity index (χ0v) is 17.3. The van der Waals surface area contributed by atoms with Gasteiger partial charge in [0.2, 0.25) is 5.91 Å². The van der Waals surface area contributed by atoms with Gasteiger partial charge in [-0.15, -0.1) is 0 Å². The van der Waals surface area contributed by atoms with Crippen LogP contribution in [0, 0.1) is 0 Å². The molecule has 0 aromatic heterocycles. The molecule has 0 saturated carbocycles. The first-order valence-electron chi connectivity index (χ1n) is 10.1. The van der Waals surface area contributed by atoms with Gasteiger partial charge in [0, 0.05) is 30.8 Å². The van der Waals surface area contributed by atoms with Crippen molar-refractivity contribution < 1.29 is 23.9 Å². The van der Waals surface area contributed by atoms with Gasteiger partial charge in [-0.1, -0.05) is 30.3 Å². The summed E-state index contributed by atoms with van der Waals surface area (Å²) in [6.07, 6.45) is 0.379. The molecular formula is C23H25N3O5. The molecule has 1 aliphatic rings. The summed E-state index contributed by atoms with van der Waals surface area (Å²) in [5, 5.41) is 5.17. The molecule has 0 radical (unpaired) electrons. The van der Waals surface area contributed by atoms with Crippen LogP contribution < -0.4 is 15.5 Å². The standard InChI is InChI=1S/C23H25N3O5/c1-16(22(29)24-14-17-6-3-2-4-7-17)31-21(28)15-25-23(30)18-9-11-19(12-10-18)26-13-5-8-20(26)27/h2-4,6-7,9-12,16H,5,8,13-15H2,1H3,(H,24,29)(H,25,30)/t16-/m1/s1. The van der Waals surface area contributed by atoms with Crippen molar-refractivity contribution in [3.8, 4) is 0 Å². The van der Waals surface area contributed by atoms with E-state index in [1.807, 2.05) is 30.3 Å². The maximum atomic E-state index is 12.2. The Morgan fingerprint density at radius 1 is 1.03 bits per heavy atom. The summed E-state index contributed by atoms with van der Waals surface area (Å²) >= 11 is 0. The number of nitrogens with one attached hydrogen (secondary N) is 2. The predicted octanol–water partition coefficient (Wildman–Crippen LogP) is 1.79. The van der Waals surface area contributed by atoms with Crippen LogP contribution in [-0.4, -0.2) is 42.9 Å². The molecule has 2 aromatic rings. The molecule has 0 bridgehead atoms. The van der Waals surface area contributed by atoms with Gasteiger partial charge in [-0.3, -0.25) is 19.2 Å². The first-order valence-corrected chi connectivity index (χ1v) is 10.1. The Hall–Kier alpha value is -3.68. The van der Waals surface area contributed by atoms with Crippen LogP contribution in [0.2, 0.25) is 0 Å². The van der Waals surface area contributed by atoms with Crippen molar-refractivity contribution in [1.29, 1.82) is 0 Å². The van der Waals surface area contributed by atoms with E-state index in [-0.39, 0.29) is 12.5 Å². The Balaban J connectivity index is 1.41. The number of carbonyl (C=O) groups excluding carboxylic acids is 4. The number of hydrogen-bond donors (Lipinski definition) is 2. The summed E-state index contributed by atoms with van der Waals surface area (Å²) in [6, 6.07) is 16.0. The molecule has 1 heterocycles.